The molecule has 1 N–H and O–H groups in total. The van der Waals surface area contributed by atoms with Gasteiger partial charge in [0.25, 0.3) is 0 Å². The largest absolute Gasteiger partial charge is 0.489 e. The minimum Gasteiger partial charge on any atom is -0.489 e. The molecule has 0 radical (unpaired) electrons. The number of hydrogen-bond acceptors (Lipinski definition) is 4. The summed E-state index contributed by atoms with van der Waals surface area (Å²) < 4.78 is 53.7. The third kappa shape index (κ3) is 7.05. The van der Waals surface area contributed by atoms with Crippen LogP contribution in [0.15, 0.2) is 54.1 Å². The van der Waals surface area contributed by atoms with E-state index in [1.807, 2.05) is 13.0 Å². The van der Waals surface area contributed by atoms with Crippen LogP contribution >= 0.6 is 0 Å². The van der Waals surface area contributed by atoms with Crippen LogP contribution in [0, 0.1) is 18.8 Å². The molecule has 216 valence electrons. The zero-order chi connectivity index (χ0) is 29.2. The van der Waals surface area contributed by atoms with Gasteiger partial charge in [0.2, 0.25) is 0 Å². The fraction of sp³-hybridized carbons (Fsp3) is 0.485. The molecule has 0 saturated heterocycles. The van der Waals surface area contributed by atoms with E-state index in [-0.39, 0.29) is 37.1 Å². The fourth-order valence-electron chi connectivity index (χ4n) is 5.93. The minimum absolute atomic E-state index is 0.0856. The Labute approximate surface area is 234 Å². The molecule has 1 saturated carbocycles. The average Bonchev–Trinajstić information content (AvgIpc) is 3.47. The summed E-state index contributed by atoms with van der Waals surface area (Å²) in [4.78, 5) is 11.8. The molecular weight excluding hydrogens is 517 g/mol. The van der Waals surface area contributed by atoms with Gasteiger partial charge in [0.15, 0.2) is 0 Å². The molecule has 1 fully saturated rings. The van der Waals surface area contributed by atoms with Gasteiger partial charge in [0.1, 0.15) is 18.1 Å². The van der Waals surface area contributed by atoms with Crippen LogP contribution in [0.3, 0.4) is 0 Å². The lowest BCUT2D eigenvalue weighted by Crippen LogP contribution is -2.19. The van der Waals surface area contributed by atoms with Gasteiger partial charge in [-0.2, -0.15) is 13.2 Å². The van der Waals surface area contributed by atoms with Crippen LogP contribution in [0.5, 0.6) is 5.75 Å². The molecule has 3 atom stereocenters. The van der Waals surface area contributed by atoms with E-state index in [1.54, 1.807) is 45.9 Å². The summed E-state index contributed by atoms with van der Waals surface area (Å²) in [5, 5.41) is 9.77. The summed E-state index contributed by atoms with van der Waals surface area (Å²) in [5.41, 5.74) is 3.19. The molecule has 0 aromatic heterocycles. The first-order valence-corrected chi connectivity index (χ1v) is 13.9. The van der Waals surface area contributed by atoms with Crippen LogP contribution in [0.25, 0.3) is 5.57 Å². The van der Waals surface area contributed by atoms with Gasteiger partial charge in [-0.15, -0.1) is 0 Å². The second kappa shape index (κ2) is 11.9. The van der Waals surface area contributed by atoms with Crippen LogP contribution in [-0.2, 0) is 22.6 Å². The van der Waals surface area contributed by atoms with Crippen LogP contribution in [0.1, 0.15) is 74.3 Å². The quantitative estimate of drug-likeness (QED) is 0.217. The molecule has 2 aliphatic carbocycles. The topological polar surface area (TPSA) is 55.8 Å². The molecule has 0 bridgehead atoms. The van der Waals surface area contributed by atoms with E-state index in [1.165, 1.54) is 17.2 Å². The number of aryl methyl sites for hydroxylation is 1. The first kappa shape index (κ1) is 30.1. The first-order chi connectivity index (χ1) is 18.8. The molecule has 4 nitrogen and oxygen atoms in total. The first-order valence-electron chi connectivity index (χ1n) is 13.9. The Balaban J connectivity index is 1.43. The van der Waals surface area contributed by atoms with E-state index >= 15 is 0 Å². The van der Waals surface area contributed by atoms with Gasteiger partial charge in [-0.3, -0.25) is 4.79 Å². The molecular formula is C33H39F3O4. The van der Waals surface area contributed by atoms with Crippen LogP contribution in [0.2, 0.25) is 0 Å². The van der Waals surface area contributed by atoms with Crippen molar-refractivity contribution in [3.8, 4) is 5.75 Å². The van der Waals surface area contributed by atoms with Gasteiger partial charge in [-0.1, -0.05) is 30.3 Å². The van der Waals surface area contributed by atoms with E-state index in [9.17, 15) is 23.1 Å². The Morgan fingerprint density at radius 1 is 1.18 bits per heavy atom. The van der Waals surface area contributed by atoms with Crippen molar-refractivity contribution in [2.24, 2.45) is 11.8 Å². The standard InChI is InChI=1S/C33H39F3O4/c1-6-25(28(33(34,35)36)11-14-39-13-8-12-32(4,5)38)23-10-7-9-22(16-23)19-40-29-18-24-17-27-30(21(3)37)31(27)26(24)15-20(29)2/h6-7,9-11,15-16,18,27,30-31,38H,8,12-14,17,19H2,1-5H3/b25-6-,28-11+/t27-,30-,31-/m0/s1. The monoisotopic (exact) mass is 556 g/mol. The highest BCUT2D eigenvalue weighted by molar-refractivity contribution is 5.84. The Morgan fingerprint density at radius 3 is 2.58 bits per heavy atom. The number of carbonyl (C=O) groups excluding carboxylic acids is 1. The Bertz CT molecular complexity index is 1300. The minimum atomic E-state index is -4.55. The maximum absolute atomic E-state index is 14.1. The predicted octanol–water partition coefficient (Wildman–Crippen LogP) is 7.51. The molecule has 2 aromatic rings. The third-order valence-corrected chi connectivity index (χ3v) is 7.89. The number of ether oxygens (including phenoxy) is 2. The second-order valence-corrected chi connectivity index (χ2v) is 11.6. The van der Waals surface area contributed by atoms with Crippen molar-refractivity contribution in [1.82, 2.24) is 0 Å². The summed E-state index contributed by atoms with van der Waals surface area (Å²) in [5.74, 6) is 1.92. The van der Waals surface area contributed by atoms with Gasteiger partial charge >= 0.3 is 6.18 Å². The lowest BCUT2D eigenvalue weighted by atomic mass is 9.95. The van der Waals surface area contributed by atoms with E-state index in [4.69, 9.17) is 9.47 Å². The van der Waals surface area contributed by atoms with E-state index in [2.05, 4.69) is 12.1 Å². The zero-order valence-electron chi connectivity index (χ0n) is 23.9. The number of benzene rings is 2. The maximum Gasteiger partial charge on any atom is 0.416 e. The summed E-state index contributed by atoms with van der Waals surface area (Å²) in [7, 11) is 0. The molecule has 40 heavy (non-hydrogen) atoms. The zero-order valence-corrected chi connectivity index (χ0v) is 23.9. The van der Waals surface area contributed by atoms with E-state index < -0.39 is 17.4 Å². The highest BCUT2D eigenvalue weighted by Gasteiger charge is 2.57. The number of alkyl halides is 3. The van der Waals surface area contributed by atoms with Crippen LogP contribution in [-0.4, -0.2) is 35.9 Å². The van der Waals surface area contributed by atoms with Gasteiger partial charge in [-0.05, 0) is 117 Å². The third-order valence-electron chi connectivity index (χ3n) is 7.89. The van der Waals surface area contributed by atoms with Crippen molar-refractivity contribution in [2.45, 2.75) is 78.2 Å². The summed E-state index contributed by atoms with van der Waals surface area (Å²) >= 11 is 0. The normalized spacial score (nSPS) is 20.8. The van der Waals surface area contributed by atoms with Gasteiger partial charge < -0.3 is 14.6 Å². The molecule has 2 aromatic carbocycles. The molecule has 4 rings (SSSR count). The van der Waals surface area contributed by atoms with Crippen molar-refractivity contribution < 1.29 is 32.5 Å². The van der Waals surface area contributed by atoms with E-state index in [0.717, 1.165) is 29.4 Å². The Morgan fingerprint density at radius 2 is 1.93 bits per heavy atom. The van der Waals surface area contributed by atoms with Crippen molar-refractivity contribution >= 4 is 11.4 Å². The summed E-state index contributed by atoms with van der Waals surface area (Å²) in [6, 6.07) is 11.2. The molecule has 0 heterocycles. The average molecular weight is 557 g/mol. The number of rotatable bonds is 12. The SMILES string of the molecule is C/C=C(\C(=C/COCCCC(C)(C)O)C(F)(F)F)c1cccc(COc2cc3c(cc2C)[C@H]2[C@@H](C3)[C@@H]2C(C)=O)c1. The van der Waals surface area contributed by atoms with Crippen molar-refractivity contribution in [3.63, 3.8) is 0 Å². The number of carbonyl (C=O) groups is 1. The molecule has 0 amide bonds. The number of fused-ring (bicyclic) bond motifs is 3. The number of hydrogen-bond donors (Lipinski definition) is 1. The number of ketones is 1. The van der Waals surface area contributed by atoms with Crippen molar-refractivity contribution in [1.29, 1.82) is 0 Å². The molecule has 0 aliphatic heterocycles. The van der Waals surface area contributed by atoms with Gasteiger partial charge in [-0.25, -0.2) is 0 Å². The van der Waals surface area contributed by atoms with Crippen molar-refractivity contribution in [3.05, 3.63) is 81.9 Å². The highest BCUT2D eigenvalue weighted by Crippen LogP contribution is 2.62. The van der Waals surface area contributed by atoms with Gasteiger partial charge in [0.05, 0.1) is 17.8 Å². The number of Topliss-reactive ketones (excluding diaryl/α,β-unsaturated/α-hetero) is 1. The highest BCUT2D eigenvalue weighted by atomic mass is 19.4. The number of allylic oxidation sites excluding steroid dienone is 3. The number of aliphatic hydroxyl groups is 1. The fourth-order valence-corrected chi connectivity index (χ4v) is 5.93. The van der Waals surface area contributed by atoms with Crippen molar-refractivity contribution in [2.75, 3.05) is 13.2 Å². The molecule has 0 unspecified atom stereocenters. The summed E-state index contributed by atoms with van der Waals surface area (Å²) in [6.45, 7) is 8.94. The maximum atomic E-state index is 14.1. The Kier molecular flexibility index (Phi) is 8.96. The second-order valence-electron chi connectivity index (χ2n) is 11.6. The summed E-state index contributed by atoms with van der Waals surface area (Å²) in [6.07, 6.45) is -0.0497. The smallest absolute Gasteiger partial charge is 0.416 e. The lowest BCUT2D eigenvalue weighted by molar-refractivity contribution is -0.118. The van der Waals surface area contributed by atoms with Gasteiger partial charge in [0, 0.05) is 12.5 Å². The van der Waals surface area contributed by atoms with Crippen LogP contribution in [0.4, 0.5) is 13.2 Å². The molecule has 7 heteroatoms. The lowest BCUT2D eigenvalue weighted by Gasteiger charge is -2.18. The van der Waals surface area contributed by atoms with E-state index in [0.29, 0.717) is 30.2 Å². The number of halogens is 3. The Hall–Kier alpha value is -2.90. The van der Waals surface area contributed by atoms with Crippen LogP contribution < -0.4 is 4.74 Å². The molecule has 2 aliphatic rings. The molecule has 0 spiro atoms. The predicted molar refractivity (Wildman–Crippen MR) is 150 cm³/mol.